The van der Waals surface area contributed by atoms with E-state index in [1.165, 1.54) is 12.1 Å². The molecule has 0 aliphatic rings. The summed E-state index contributed by atoms with van der Waals surface area (Å²) >= 11 is 3.07. The van der Waals surface area contributed by atoms with E-state index in [1.807, 2.05) is 0 Å². The van der Waals surface area contributed by atoms with Crippen molar-refractivity contribution in [2.45, 2.75) is 6.43 Å². The van der Waals surface area contributed by atoms with E-state index in [0.717, 1.165) is 0 Å². The summed E-state index contributed by atoms with van der Waals surface area (Å²) in [6.45, 7) is 0. The summed E-state index contributed by atoms with van der Waals surface area (Å²) in [4.78, 5) is 0. The fourth-order valence-electron chi connectivity index (χ4n) is 1.24. The van der Waals surface area contributed by atoms with E-state index in [1.54, 1.807) is 0 Å². The van der Waals surface area contributed by atoms with E-state index in [0.29, 0.717) is 4.47 Å². The third kappa shape index (κ3) is 1.30. The smallest absolute Gasteiger partial charge is 0.275 e. The molecule has 1 heterocycles. The summed E-state index contributed by atoms with van der Waals surface area (Å²) in [5.41, 5.74) is -0.443. The van der Waals surface area contributed by atoms with Gasteiger partial charge in [-0.3, -0.25) is 5.10 Å². The first-order chi connectivity index (χ1) is 6.61. The van der Waals surface area contributed by atoms with Crippen molar-refractivity contribution in [3.05, 3.63) is 28.1 Å². The standard InChI is InChI=1S/C8H4BrF3N2/c9-3-1-2-4(10)6-5(3)7(8(11)12)14-13-6/h1-2,8H,(H,13,14). The summed E-state index contributed by atoms with van der Waals surface area (Å²) in [6.07, 6.45) is -2.70. The fourth-order valence-corrected chi connectivity index (χ4v) is 1.77. The number of alkyl halides is 2. The Morgan fingerprint density at radius 1 is 1.36 bits per heavy atom. The van der Waals surface area contributed by atoms with Gasteiger partial charge < -0.3 is 0 Å². The van der Waals surface area contributed by atoms with Gasteiger partial charge in [-0.15, -0.1) is 0 Å². The molecule has 0 spiro atoms. The van der Waals surface area contributed by atoms with Gasteiger partial charge in [-0.1, -0.05) is 15.9 Å². The highest BCUT2D eigenvalue weighted by Gasteiger charge is 2.18. The van der Waals surface area contributed by atoms with Gasteiger partial charge in [0.15, 0.2) is 5.82 Å². The van der Waals surface area contributed by atoms with Gasteiger partial charge >= 0.3 is 0 Å². The van der Waals surface area contributed by atoms with E-state index < -0.39 is 12.2 Å². The molecule has 0 aliphatic heterocycles. The number of nitrogens with zero attached hydrogens (tertiary/aromatic N) is 1. The van der Waals surface area contributed by atoms with Gasteiger partial charge in [0, 0.05) is 9.86 Å². The van der Waals surface area contributed by atoms with Crippen molar-refractivity contribution in [3.63, 3.8) is 0 Å². The second-order valence-electron chi connectivity index (χ2n) is 2.69. The molecule has 0 fully saturated rings. The van der Waals surface area contributed by atoms with E-state index >= 15 is 0 Å². The monoisotopic (exact) mass is 264 g/mol. The number of aromatic nitrogens is 2. The minimum atomic E-state index is -2.70. The maximum Gasteiger partial charge on any atom is 0.280 e. The van der Waals surface area contributed by atoms with Crippen molar-refractivity contribution in [1.82, 2.24) is 10.2 Å². The summed E-state index contributed by atoms with van der Waals surface area (Å²) < 4.78 is 38.4. The van der Waals surface area contributed by atoms with Crippen LogP contribution in [0.15, 0.2) is 16.6 Å². The number of hydrogen-bond acceptors (Lipinski definition) is 1. The Kier molecular flexibility index (Phi) is 2.22. The molecule has 74 valence electrons. The predicted molar refractivity (Wildman–Crippen MR) is 48.7 cm³/mol. The van der Waals surface area contributed by atoms with E-state index in [9.17, 15) is 13.2 Å². The Morgan fingerprint density at radius 2 is 2.07 bits per heavy atom. The summed E-state index contributed by atoms with van der Waals surface area (Å²) in [6, 6.07) is 2.54. The Hall–Kier alpha value is -1.04. The number of rotatable bonds is 1. The number of fused-ring (bicyclic) bond motifs is 1. The lowest BCUT2D eigenvalue weighted by atomic mass is 10.2. The summed E-state index contributed by atoms with van der Waals surface area (Å²) in [5, 5.41) is 5.71. The van der Waals surface area contributed by atoms with Crippen LogP contribution < -0.4 is 0 Å². The normalized spacial score (nSPS) is 11.5. The second kappa shape index (κ2) is 3.27. The molecule has 0 aliphatic carbocycles. The quantitative estimate of drug-likeness (QED) is 0.841. The van der Waals surface area contributed by atoms with E-state index in [-0.39, 0.29) is 16.6 Å². The molecule has 14 heavy (non-hydrogen) atoms. The predicted octanol–water partition coefficient (Wildman–Crippen LogP) is 3.40. The molecule has 0 atom stereocenters. The molecule has 1 aromatic carbocycles. The topological polar surface area (TPSA) is 28.7 Å². The molecule has 0 saturated carbocycles. The molecular formula is C8H4BrF3N2. The zero-order valence-corrected chi connectivity index (χ0v) is 8.28. The molecule has 1 aromatic heterocycles. The van der Waals surface area contributed by atoms with Gasteiger partial charge in [-0.05, 0) is 12.1 Å². The molecule has 1 N–H and O–H groups in total. The SMILES string of the molecule is Fc1ccc(Br)c2c(C(F)F)[nH]nc12. The van der Waals surface area contributed by atoms with Crippen molar-refractivity contribution in [1.29, 1.82) is 0 Å². The second-order valence-corrected chi connectivity index (χ2v) is 3.55. The summed E-state index contributed by atoms with van der Waals surface area (Å²) in [7, 11) is 0. The van der Waals surface area contributed by atoms with Gasteiger partial charge in [0.05, 0.1) is 0 Å². The first kappa shape index (κ1) is 9.51. The first-order valence-corrected chi connectivity index (χ1v) is 4.50. The number of H-pyrrole nitrogens is 1. The van der Waals surface area contributed by atoms with Crippen LogP contribution in [0, 0.1) is 5.82 Å². The third-order valence-corrected chi connectivity index (χ3v) is 2.51. The molecular weight excluding hydrogens is 261 g/mol. The zero-order chi connectivity index (χ0) is 10.3. The summed E-state index contributed by atoms with van der Waals surface area (Å²) in [5.74, 6) is -0.619. The van der Waals surface area contributed by atoms with Gasteiger partial charge in [0.1, 0.15) is 11.2 Å². The molecule has 0 radical (unpaired) electrons. The van der Waals surface area contributed by atoms with Crippen molar-refractivity contribution in [2.24, 2.45) is 0 Å². The van der Waals surface area contributed by atoms with Gasteiger partial charge in [0.25, 0.3) is 6.43 Å². The number of hydrogen-bond donors (Lipinski definition) is 1. The zero-order valence-electron chi connectivity index (χ0n) is 6.69. The molecule has 0 amide bonds. The maximum absolute atomic E-state index is 13.1. The maximum atomic E-state index is 13.1. The molecule has 0 unspecified atom stereocenters. The fraction of sp³-hybridized carbons (Fsp3) is 0.125. The van der Waals surface area contributed by atoms with Crippen molar-refractivity contribution < 1.29 is 13.2 Å². The Labute approximate surface area is 85.2 Å². The largest absolute Gasteiger partial charge is 0.280 e. The van der Waals surface area contributed by atoms with Crippen molar-refractivity contribution >= 4 is 26.8 Å². The highest BCUT2D eigenvalue weighted by Crippen LogP contribution is 2.32. The minimum Gasteiger partial charge on any atom is -0.275 e. The van der Waals surface area contributed by atoms with Crippen LogP contribution in [0.4, 0.5) is 13.2 Å². The number of halogens is 4. The van der Waals surface area contributed by atoms with Gasteiger partial charge in [-0.25, -0.2) is 13.2 Å². The van der Waals surface area contributed by atoms with Crippen molar-refractivity contribution in [3.8, 4) is 0 Å². The highest BCUT2D eigenvalue weighted by molar-refractivity contribution is 9.10. The van der Waals surface area contributed by atoms with Crippen LogP contribution in [0.5, 0.6) is 0 Å². The Morgan fingerprint density at radius 3 is 2.71 bits per heavy atom. The van der Waals surface area contributed by atoms with Crippen LogP contribution in [0.25, 0.3) is 10.9 Å². The molecule has 2 rings (SSSR count). The number of aromatic amines is 1. The Balaban J connectivity index is 2.84. The molecule has 0 bridgehead atoms. The van der Waals surface area contributed by atoms with Crippen LogP contribution >= 0.6 is 15.9 Å². The molecule has 6 heteroatoms. The lowest BCUT2D eigenvalue weighted by Crippen LogP contribution is -1.85. The van der Waals surface area contributed by atoms with Crippen LogP contribution in [0.1, 0.15) is 12.1 Å². The number of benzene rings is 1. The molecule has 2 nitrogen and oxygen atoms in total. The van der Waals surface area contributed by atoms with Gasteiger partial charge in [0.2, 0.25) is 0 Å². The van der Waals surface area contributed by atoms with E-state index in [4.69, 9.17) is 0 Å². The van der Waals surface area contributed by atoms with Crippen LogP contribution in [0.2, 0.25) is 0 Å². The average Bonchev–Trinajstić information content (AvgIpc) is 2.56. The Bertz CT molecular complexity index is 481. The molecule has 2 aromatic rings. The van der Waals surface area contributed by atoms with Crippen LogP contribution in [-0.4, -0.2) is 10.2 Å². The lowest BCUT2D eigenvalue weighted by Gasteiger charge is -1.98. The average molecular weight is 265 g/mol. The molecule has 0 saturated heterocycles. The van der Waals surface area contributed by atoms with E-state index in [2.05, 4.69) is 26.1 Å². The lowest BCUT2D eigenvalue weighted by molar-refractivity contribution is 0.147. The number of nitrogens with one attached hydrogen (secondary N) is 1. The third-order valence-electron chi connectivity index (χ3n) is 1.85. The van der Waals surface area contributed by atoms with Gasteiger partial charge in [-0.2, -0.15) is 5.10 Å². The van der Waals surface area contributed by atoms with Crippen LogP contribution in [-0.2, 0) is 0 Å². The van der Waals surface area contributed by atoms with Crippen molar-refractivity contribution in [2.75, 3.05) is 0 Å². The highest BCUT2D eigenvalue weighted by atomic mass is 79.9. The first-order valence-electron chi connectivity index (χ1n) is 3.71. The minimum absolute atomic E-state index is 0.0744. The van der Waals surface area contributed by atoms with Crippen LogP contribution in [0.3, 0.4) is 0 Å².